The predicted octanol–water partition coefficient (Wildman–Crippen LogP) is 4.16. The first-order chi connectivity index (χ1) is 12.8. The van der Waals surface area contributed by atoms with Crippen molar-refractivity contribution in [3.63, 3.8) is 0 Å². The van der Waals surface area contributed by atoms with E-state index >= 15 is 0 Å². The molecule has 140 valence electrons. The monoisotopic (exact) mass is 376 g/mol. The zero-order chi connectivity index (χ0) is 17.8. The van der Waals surface area contributed by atoms with Crippen LogP contribution in [0.1, 0.15) is 31.6 Å². The minimum absolute atomic E-state index is 0.304. The van der Waals surface area contributed by atoms with Gasteiger partial charge in [-0.1, -0.05) is 23.7 Å². The number of aromatic nitrogens is 1. The first-order valence-electron chi connectivity index (χ1n) is 9.42. The average Bonchev–Trinajstić information content (AvgIpc) is 3.37. The predicted molar refractivity (Wildman–Crippen MR) is 100 cm³/mol. The number of benzene rings is 1. The lowest BCUT2D eigenvalue weighted by Gasteiger charge is -2.26. The van der Waals surface area contributed by atoms with E-state index < -0.39 is 0 Å². The van der Waals surface area contributed by atoms with E-state index in [0.717, 1.165) is 69.2 Å². The molecule has 2 fully saturated rings. The molecule has 0 radical (unpaired) electrons. The van der Waals surface area contributed by atoms with Crippen molar-refractivity contribution in [3.05, 3.63) is 41.4 Å². The third kappa shape index (κ3) is 4.65. The Bertz CT molecular complexity index is 691. The van der Waals surface area contributed by atoms with Gasteiger partial charge in [0.05, 0.1) is 24.9 Å². The molecule has 0 N–H and O–H groups in total. The Morgan fingerprint density at radius 3 is 2.42 bits per heavy atom. The first-order valence-corrected chi connectivity index (χ1v) is 9.80. The number of nitrogens with zero attached hydrogens (tertiary/aromatic N) is 2. The highest BCUT2D eigenvalue weighted by molar-refractivity contribution is 6.30. The van der Waals surface area contributed by atoms with Crippen molar-refractivity contribution in [1.82, 2.24) is 9.88 Å². The summed E-state index contributed by atoms with van der Waals surface area (Å²) in [7, 11) is 0. The molecule has 2 aliphatic rings. The van der Waals surface area contributed by atoms with Gasteiger partial charge in [-0.25, -0.2) is 4.98 Å². The van der Waals surface area contributed by atoms with Crippen LogP contribution in [0, 0.1) is 0 Å². The van der Waals surface area contributed by atoms with Gasteiger partial charge in [-0.3, -0.25) is 4.90 Å². The normalized spacial score (nSPS) is 23.2. The van der Waals surface area contributed by atoms with Crippen molar-refractivity contribution in [2.75, 3.05) is 26.3 Å². The number of halogens is 1. The van der Waals surface area contributed by atoms with Gasteiger partial charge in [0, 0.05) is 36.9 Å². The number of oxazole rings is 1. The van der Waals surface area contributed by atoms with Gasteiger partial charge in [-0.15, -0.1) is 0 Å². The molecule has 0 spiro atoms. The zero-order valence-corrected chi connectivity index (χ0v) is 15.7. The summed E-state index contributed by atoms with van der Waals surface area (Å²) in [6, 6.07) is 7.64. The minimum Gasteiger partial charge on any atom is -0.439 e. The van der Waals surface area contributed by atoms with Gasteiger partial charge in [-0.05, 0) is 37.8 Å². The summed E-state index contributed by atoms with van der Waals surface area (Å²) in [5.74, 6) is 1.47. The van der Waals surface area contributed by atoms with Crippen molar-refractivity contribution >= 4 is 11.6 Å². The van der Waals surface area contributed by atoms with Gasteiger partial charge in [-0.2, -0.15) is 0 Å². The first kappa shape index (κ1) is 18.0. The molecule has 3 heterocycles. The smallest absolute Gasteiger partial charge is 0.209 e. The molecule has 0 unspecified atom stereocenters. The van der Waals surface area contributed by atoms with E-state index in [1.807, 2.05) is 24.3 Å². The third-order valence-electron chi connectivity index (χ3n) is 4.99. The van der Waals surface area contributed by atoms with Crippen LogP contribution in [-0.2, 0) is 16.0 Å². The molecule has 0 bridgehead atoms. The summed E-state index contributed by atoms with van der Waals surface area (Å²) in [5.41, 5.74) is 0.945. The molecule has 2 saturated heterocycles. The third-order valence-corrected chi connectivity index (χ3v) is 5.23. The molecule has 0 aliphatic carbocycles. The van der Waals surface area contributed by atoms with Crippen LogP contribution in [0.25, 0.3) is 11.3 Å². The highest BCUT2D eigenvalue weighted by Gasteiger charge is 2.25. The summed E-state index contributed by atoms with van der Waals surface area (Å²) in [4.78, 5) is 6.84. The summed E-state index contributed by atoms with van der Waals surface area (Å²) in [5, 5.41) is 0.693. The van der Waals surface area contributed by atoms with E-state index in [1.54, 1.807) is 6.20 Å². The van der Waals surface area contributed by atoms with Crippen LogP contribution in [0.5, 0.6) is 0 Å². The number of hydrogen-bond acceptors (Lipinski definition) is 5. The summed E-state index contributed by atoms with van der Waals surface area (Å²) < 4.78 is 17.6. The SMILES string of the molecule is Clc1cccc(-c2cnc(CN(C[C@@H]3CCCO3)C[C@@H]3CCCO3)o2)c1. The quantitative estimate of drug-likeness (QED) is 0.726. The van der Waals surface area contributed by atoms with Crippen LogP contribution in [0.3, 0.4) is 0 Å². The Morgan fingerprint density at radius 1 is 1.08 bits per heavy atom. The van der Waals surface area contributed by atoms with Gasteiger partial charge in [0.15, 0.2) is 5.76 Å². The highest BCUT2D eigenvalue weighted by Crippen LogP contribution is 2.25. The summed E-state index contributed by atoms with van der Waals surface area (Å²) in [6.45, 7) is 4.20. The lowest BCUT2D eigenvalue weighted by Crippen LogP contribution is -2.37. The number of hydrogen-bond donors (Lipinski definition) is 0. The molecule has 2 aromatic rings. The number of ether oxygens (including phenoxy) is 2. The maximum atomic E-state index is 6.08. The molecule has 0 saturated carbocycles. The molecule has 5 nitrogen and oxygen atoms in total. The minimum atomic E-state index is 0.304. The van der Waals surface area contributed by atoms with Crippen LogP contribution in [0.2, 0.25) is 5.02 Å². The molecular formula is C20H25ClN2O3. The average molecular weight is 377 g/mol. The molecule has 26 heavy (non-hydrogen) atoms. The van der Waals surface area contributed by atoms with E-state index in [4.69, 9.17) is 25.5 Å². The van der Waals surface area contributed by atoms with Crippen LogP contribution in [-0.4, -0.2) is 48.4 Å². The van der Waals surface area contributed by atoms with Crippen molar-refractivity contribution in [3.8, 4) is 11.3 Å². The Labute approximate surface area is 159 Å². The second-order valence-corrected chi connectivity index (χ2v) is 7.53. The Hall–Kier alpha value is -1.40. The fourth-order valence-corrected chi connectivity index (χ4v) is 3.90. The Balaban J connectivity index is 1.44. The maximum Gasteiger partial charge on any atom is 0.209 e. The molecule has 1 aromatic carbocycles. The lowest BCUT2D eigenvalue weighted by atomic mass is 10.2. The largest absolute Gasteiger partial charge is 0.439 e. The molecule has 4 rings (SSSR count). The standard InChI is InChI=1S/C20H25ClN2O3/c21-16-5-1-4-15(10-16)19-11-22-20(26-19)14-23(12-17-6-2-8-24-17)13-18-7-3-9-25-18/h1,4-5,10-11,17-18H,2-3,6-9,12-14H2/t17-,18-/m0/s1. The zero-order valence-electron chi connectivity index (χ0n) is 14.9. The van der Waals surface area contributed by atoms with Crippen LogP contribution in [0.15, 0.2) is 34.9 Å². The van der Waals surface area contributed by atoms with Gasteiger partial charge < -0.3 is 13.9 Å². The Kier molecular flexibility index (Phi) is 5.90. The fourth-order valence-electron chi connectivity index (χ4n) is 3.71. The van der Waals surface area contributed by atoms with E-state index in [1.165, 1.54) is 0 Å². The Morgan fingerprint density at radius 2 is 1.81 bits per heavy atom. The topological polar surface area (TPSA) is 47.7 Å². The van der Waals surface area contributed by atoms with Crippen molar-refractivity contribution in [1.29, 1.82) is 0 Å². The van der Waals surface area contributed by atoms with Gasteiger partial charge in [0.1, 0.15) is 0 Å². The van der Waals surface area contributed by atoms with Crippen LogP contribution >= 0.6 is 11.6 Å². The molecule has 0 amide bonds. The van der Waals surface area contributed by atoms with Crippen molar-refractivity contribution in [2.45, 2.75) is 44.4 Å². The molecular weight excluding hydrogens is 352 g/mol. The fraction of sp³-hybridized carbons (Fsp3) is 0.550. The maximum absolute atomic E-state index is 6.08. The van der Waals surface area contributed by atoms with E-state index in [9.17, 15) is 0 Å². The van der Waals surface area contributed by atoms with Crippen molar-refractivity contribution in [2.24, 2.45) is 0 Å². The van der Waals surface area contributed by atoms with Crippen LogP contribution < -0.4 is 0 Å². The second kappa shape index (κ2) is 8.53. The number of rotatable bonds is 7. The molecule has 6 heteroatoms. The van der Waals surface area contributed by atoms with E-state index in [-0.39, 0.29) is 0 Å². The van der Waals surface area contributed by atoms with Gasteiger partial charge in [0.2, 0.25) is 5.89 Å². The van der Waals surface area contributed by atoms with E-state index in [0.29, 0.717) is 23.8 Å². The lowest BCUT2D eigenvalue weighted by molar-refractivity contribution is 0.0317. The van der Waals surface area contributed by atoms with Gasteiger partial charge >= 0.3 is 0 Å². The highest BCUT2D eigenvalue weighted by atomic mass is 35.5. The van der Waals surface area contributed by atoms with Crippen LogP contribution in [0.4, 0.5) is 0 Å². The van der Waals surface area contributed by atoms with Gasteiger partial charge in [0.25, 0.3) is 0 Å². The van der Waals surface area contributed by atoms with E-state index in [2.05, 4.69) is 9.88 Å². The second-order valence-electron chi connectivity index (χ2n) is 7.09. The van der Waals surface area contributed by atoms with Crippen molar-refractivity contribution < 1.29 is 13.9 Å². The molecule has 1 aromatic heterocycles. The summed E-state index contributed by atoms with van der Waals surface area (Å²) in [6.07, 6.45) is 6.93. The molecule has 2 aliphatic heterocycles. The molecule has 2 atom stereocenters. The summed E-state index contributed by atoms with van der Waals surface area (Å²) >= 11 is 6.08.